The summed E-state index contributed by atoms with van der Waals surface area (Å²) in [4.78, 5) is 7.61. The molecule has 14 heavy (non-hydrogen) atoms. The van der Waals surface area contributed by atoms with Crippen molar-refractivity contribution in [1.82, 2.24) is 9.97 Å². The van der Waals surface area contributed by atoms with E-state index in [0.29, 0.717) is 6.61 Å². The van der Waals surface area contributed by atoms with Crippen LogP contribution in [-0.2, 0) is 24.2 Å². The summed E-state index contributed by atoms with van der Waals surface area (Å²) in [6.07, 6.45) is 4.65. The molecule has 1 aromatic rings. The van der Waals surface area contributed by atoms with Gasteiger partial charge in [0.15, 0.2) is 0 Å². The van der Waals surface area contributed by atoms with E-state index in [9.17, 15) is 0 Å². The lowest BCUT2D eigenvalue weighted by Crippen LogP contribution is -2.10. The Morgan fingerprint density at radius 2 is 2.21 bits per heavy atom. The van der Waals surface area contributed by atoms with E-state index in [0.717, 1.165) is 23.3 Å². The van der Waals surface area contributed by atoms with Crippen LogP contribution in [0.4, 0.5) is 0 Å². The fourth-order valence-corrected chi connectivity index (χ4v) is 2.21. The second-order valence-corrected chi connectivity index (χ2v) is 3.97. The third-order valence-corrected chi connectivity index (χ3v) is 2.88. The standard InChI is InChI=1S/C10H14N2OS/c1-13-6-9-11-8-5-3-2-4-7(8)10(14)12-9/h2-6H2,1H3,(H,11,12,14). The van der Waals surface area contributed by atoms with Crippen LogP contribution in [0.25, 0.3) is 0 Å². The van der Waals surface area contributed by atoms with Gasteiger partial charge in [-0.3, -0.25) is 0 Å². The number of methoxy groups -OCH3 is 1. The molecule has 1 aromatic heterocycles. The van der Waals surface area contributed by atoms with Crippen molar-refractivity contribution >= 4 is 12.2 Å². The third-order valence-electron chi connectivity index (χ3n) is 2.54. The highest BCUT2D eigenvalue weighted by Gasteiger charge is 2.12. The molecule has 0 spiro atoms. The van der Waals surface area contributed by atoms with E-state index in [1.54, 1.807) is 7.11 Å². The summed E-state index contributed by atoms with van der Waals surface area (Å²) in [5, 5.41) is 0. The molecular weight excluding hydrogens is 196 g/mol. The Bertz CT molecular complexity index is 386. The Morgan fingerprint density at radius 1 is 1.43 bits per heavy atom. The summed E-state index contributed by atoms with van der Waals surface area (Å²) in [6.45, 7) is 0.511. The van der Waals surface area contributed by atoms with Gasteiger partial charge in [0.25, 0.3) is 0 Å². The molecule has 1 heterocycles. The quantitative estimate of drug-likeness (QED) is 0.760. The Balaban J connectivity index is 2.41. The Kier molecular flexibility index (Phi) is 2.93. The van der Waals surface area contributed by atoms with Gasteiger partial charge in [0.05, 0.1) is 0 Å². The predicted molar refractivity (Wildman–Crippen MR) is 56.8 cm³/mol. The second kappa shape index (κ2) is 4.19. The van der Waals surface area contributed by atoms with Crippen LogP contribution in [0.3, 0.4) is 0 Å². The van der Waals surface area contributed by atoms with Crippen molar-refractivity contribution in [3.8, 4) is 0 Å². The van der Waals surface area contributed by atoms with E-state index >= 15 is 0 Å². The van der Waals surface area contributed by atoms with Crippen LogP contribution in [0.1, 0.15) is 29.9 Å². The maximum absolute atomic E-state index is 5.25. The van der Waals surface area contributed by atoms with Crippen molar-refractivity contribution < 1.29 is 4.74 Å². The van der Waals surface area contributed by atoms with E-state index in [1.165, 1.54) is 24.1 Å². The molecule has 0 amide bonds. The lowest BCUT2D eigenvalue weighted by Gasteiger charge is -2.16. The van der Waals surface area contributed by atoms with Crippen LogP contribution in [0.5, 0.6) is 0 Å². The molecule has 0 aromatic carbocycles. The smallest absolute Gasteiger partial charge is 0.134 e. The molecular formula is C10H14N2OS. The van der Waals surface area contributed by atoms with Crippen LogP contribution in [0, 0.1) is 4.64 Å². The lowest BCUT2D eigenvalue weighted by atomic mass is 9.97. The zero-order valence-electron chi connectivity index (χ0n) is 8.30. The number of nitrogens with one attached hydrogen (secondary N) is 1. The van der Waals surface area contributed by atoms with Crippen LogP contribution in [0.15, 0.2) is 0 Å². The van der Waals surface area contributed by atoms with Gasteiger partial charge in [0.1, 0.15) is 17.1 Å². The number of H-pyrrole nitrogens is 1. The minimum Gasteiger partial charge on any atom is -0.377 e. The lowest BCUT2D eigenvalue weighted by molar-refractivity contribution is 0.177. The molecule has 1 N–H and O–H groups in total. The molecule has 0 saturated heterocycles. The van der Waals surface area contributed by atoms with E-state index in [1.807, 2.05) is 0 Å². The first-order chi connectivity index (χ1) is 6.81. The number of aryl methyl sites for hydroxylation is 1. The van der Waals surface area contributed by atoms with E-state index in [4.69, 9.17) is 17.0 Å². The maximum atomic E-state index is 5.25. The largest absolute Gasteiger partial charge is 0.377 e. The first kappa shape index (κ1) is 9.80. The fourth-order valence-electron chi connectivity index (χ4n) is 1.88. The van der Waals surface area contributed by atoms with E-state index in [-0.39, 0.29) is 0 Å². The molecule has 1 aliphatic rings. The van der Waals surface area contributed by atoms with Gasteiger partial charge >= 0.3 is 0 Å². The molecule has 0 atom stereocenters. The number of ether oxygens (including phenoxy) is 1. The number of rotatable bonds is 2. The zero-order valence-corrected chi connectivity index (χ0v) is 9.12. The topological polar surface area (TPSA) is 37.9 Å². The van der Waals surface area contributed by atoms with Gasteiger partial charge in [0.2, 0.25) is 0 Å². The van der Waals surface area contributed by atoms with Crippen LogP contribution in [-0.4, -0.2) is 17.1 Å². The third kappa shape index (κ3) is 1.86. The second-order valence-electron chi connectivity index (χ2n) is 3.59. The summed E-state index contributed by atoms with van der Waals surface area (Å²) in [7, 11) is 1.66. The maximum Gasteiger partial charge on any atom is 0.134 e. The highest BCUT2D eigenvalue weighted by molar-refractivity contribution is 7.71. The average Bonchev–Trinajstić information content (AvgIpc) is 2.18. The molecule has 0 aliphatic heterocycles. The number of hydrogen-bond acceptors (Lipinski definition) is 3. The zero-order chi connectivity index (χ0) is 9.97. The van der Waals surface area contributed by atoms with Gasteiger partial charge < -0.3 is 9.72 Å². The Morgan fingerprint density at radius 3 is 3.00 bits per heavy atom. The van der Waals surface area contributed by atoms with Gasteiger partial charge in [-0.05, 0) is 25.7 Å². The molecule has 0 bridgehead atoms. The van der Waals surface area contributed by atoms with Crippen LogP contribution < -0.4 is 0 Å². The van der Waals surface area contributed by atoms with Gasteiger partial charge in [-0.1, -0.05) is 12.2 Å². The molecule has 4 heteroatoms. The molecule has 76 valence electrons. The molecule has 1 aliphatic carbocycles. The predicted octanol–water partition coefficient (Wildman–Crippen LogP) is 2.16. The van der Waals surface area contributed by atoms with Crippen molar-refractivity contribution in [2.75, 3.05) is 7.11 Å². The number of aromatic nitrogens is 2. The molecule has 3 nitrogen and oxygen atoms in total. The van der Waals surface area contributed by atoms with E-state index < -0.39 is 0 Å². The summed E-state index contributed by atoms with van der Waals surface area (Å²) in [6, 6.07) is 0. The van der Waals surface area contributed by atoms with Gasteiger partial charge in [-0.15, -0.1) is 0 Å². The molecule has 2 rings (SSSR count). The number of aromatic amines is 1. The van der Waals surface area contributed by atoms with Crippen molar-refractivity contribution in [1.29, 1.82) is 0 Å². The molecule has 0 radical (unpaired) electrons. The summed E-state index contributed by atoms with van der Waals surface area (Å²) < 4.78 is 5.79. The number of fused-ring (bicyclic) bond motifs is 1. The van der Waals surface area contributed by atoms with Crippen molar-refractivity contribution in [3.05, 3.63) is 21.7 Å². The molecule has 0 fully saturated rings. The molecule has 0 saturated carbocycles. The minimum atomic E-state index is 0.511. The first-order valence-electron chi connectivity index (χ1n) is 4.91. The summed E-state index contributed by atoms with van der Waals surface area (Å²) in [5.74, 6) is 0.846. The minimum absolute atomic E-state index is 0.511. The van der Waals surface area contributed by atoms with Crippen LogP contribution in [0.2, 0.25) is 0 Å². The van der Waals surface area contributed by atoms with Crippen molar-refractivity contribution in [2.45, 2.75) is 32.3 Å². The molecule has 0 unspecified atom stereocenters. The average molecular weight is 210 g/mol. The van der Waals surface area contributed by atoms with E-state index in [2.05, 4.69) is 9.97 Å². The number of nitrogens with zero attached hydrogens (tertiary/aromatic N) is 1. The first-order valence-corrected chi connectivity index (χ1v) is 5.32. The van der Waals surface area contributed by atoms with Crippen LogP contribution >= 0.6 is 12.2 Å². The van der Waals surface area contributed by atoms with Crippen molar-refractivity contribution in [3.63, 3.8) is 0 Å². The SMILES string of the molecule is COCc1nc(=S)c2c([nH]1)CCCC2. The highest BCUT2D eigenvalue weighted by Crippen LogP contribution is 2.19. The monoisotopic (exact) mass is 210 g/mol. The highest BCUT2D eigenvalue weighted by atomic mass is 32.1. The summed E-state index contributed by atoms with van der Waals surface area (Å²) in [5.41, 5.74) is 2.51. The van der Waals surface area contributed by atoms with Crippen molar-refractivity contribution in [2.24, 2.45) is 0 Å². The fraction of sp³-hybridized carbons (Fsp3) is 0.600. The Labute approximate surface area is 88.5 Å². The Hall–Kier alpha value is -0.740. The normalized spacial score (nSPS) is 15.2. The summed E-state index contributed by atoms with van der Waals surface area (Å²) >= 11 is 5.25. The number of hydrogen-bond donors (Lipinski definition) is 1. The van der Waals surface area contributed by atoms with Gasteiger partial charge in [0, 0.05) is 18.4 Å². The van der Waals surface area contributed by atoms with Gasteiger partial charge in [-0.25, -0.2) is 4.98 Å². The van der Waals surface area contributed by atoms with Gasteiger partial charge in [-0.2, -0.15) is 0 Å².